The van der Waals surface area contributed by atoms with E-state index in [9.17, 15) is 10.1 Å². The van der Waals surface area contributed by atoms with Gasteiger partial charge in [-0.3, -0.25) is 10.1 Å². The third kappa shape index (κ3) is 4.02. The van der Waals surface area contributed by atoms with Crippen LogP contribution in [0.4, 0.5) is 5.69 Å². The Morgan fingerprint density at radius 1 is 1.41 bits per heavy atom. The number of nitro benzene ring substituents is 1. The van der Waals surface area contributed by atoms with Gasteiger partial charge < -0.3 is 5.32 Å². The molecule has 0 aliphatic rings. The molecule has 0 aliphatic carbocycles. The molecule has 0 amide bonds. The molecule has 0 saturated heterocycles. The highest BCUT2D eigenvalue weighted by Crippen LogP contribution is 2.27. The van der Waals surface area contributed by atoms with Crippen LogP contribution in [0.2, 0.25) is 0 Å². The van der Waals surface area contributed by atoms with Crippen molar-refractivity contribution in [3.05, 3.63) is 34.4 Å². The molecule has 1 aromatic carbocycles. The third-order valence-corrected chi connectivity index (χ3v) is 3.99. The van der Waals surface area contributed by atoms with Crippen molar-refractivity contribution in [1.29, 1.82) is 0 Å². The molecule has 0 bridgehead atoms. The summed E-state index contributed by atoms with van der Waals surface area (Å²) in [5, 5.41) is 14.2. The van der Waals surface area contributed by atoms with Gasteiger partial charge in [-0.15, -0.1) is 11.8 Å². The van der Waals surface area contributed by atoms with Crippen LogP contribution in [0.5, 0.6) is 0 Å². The van der Waals surface area contributed by atoms with Crippen LogP contribution in [0, 0.1) is 10.1 Å². The number of nitrogens with one attached hydrogen (secondary N) is 1. The lowest BCUT2D eigenvalue weighted by Gasteiger charge is -2.21. The topological polar surface area (TPSA) is 55.2 Å². The predicted molar refractivity (Wildman–Crippen MR) is 71.6 cm³/mol. The first-order valence-corrected chi connectivity index (χ1v) is 6.54. The van der Waals surface area contributed by atoms with Gasteiger partial charge in [-0.25, -0.2) is 0 Å². The molecule has 5 heteroatoms. The van der Waals surface area contributed by atoms with E-state index in [1.165, 1.54) is 0 Å². The summed E-state index contributed by atoms with van der Waals surface area (Å²) in [6.45, 7) is 4.31. The Labute approximate surface area is 106 Å². The highest BCUT2D eigenvalue weighted by atomic mass is 32.2. The fraction of sp³-hybridized carbons (Fsp3) is 0.500. The van der Waals surface area contributed by atoms with Gasteiger partial charge in [-0.05, 0) is 25.6 Å². The first-order valence-electron chi connectivity index (χ1n) is 5.66. The van der Waals surface area contributed by atoms with Gasteiger partial charge in [0.25, 0.3) is 5.69 Å². The minimum atomic E-state index is -0.375. The molecule has 0 fully saturated rings. The van der Waals surface area contributed by atoms with Crippen molar-refractivity contribution in [2.45, 2.75) is 36.5 Å². The molecule has 0 heterocycles. The molecule has 2 atom stereocenters. The molecule has 2 unspecified atom stereocenters. The van der Waals surface area contributed by atoms with E-state index in [1.807, 2.05) is 19.2 Å². The van der Waals surface area contributed by atoms with Gasteiger partial charge in [-0.2, -0.15) is 0 Å². The van der Waals surface area contributed by atoms with Crippen molar-refractivity contribution in [2.75, 3.05) is 7.05 Å². The molecule has 0 aromatic heterocycles. The van der Waals surface area contributed by atoms with E-state index in [0.29, 0.717) is 11.3 Å². The van der Waals surface area contributed by atoms with Crippen LogP contribution < -0.4 is 5.32 Å². The molecule has 0 saturated carbocycles. The summed E-state index contributed by atoms with van der Waals surface area (Å²) in [5.74, 6) is 0. The summed E-state index contributed by atoms with van der Waals surface area (Å²) >= 11 is 1.74. The fourth-order valence-corrected chi connectivity index (χ4v) is 2.93. The highest BCUT2D eigenvalue weighted by molar-refractivity contribution is 8.00. The van der Waals surface area contributed by atoms with Crippen molar-refractivity contribution in [3.8, 4) is 0 Å². The lowest BCUT2D eigenvalue weighted by molar-refractivity contribution is -0.384. The molecule has 17 heavy (non-hydrogen) atoms. The second-order valence-electron chi connectivity index (χ2n) is 3.88. The lowest BCUT2D eigenvalue weighted by atomic mass is 10.2. The minimum Gasteiger partial charge on any atom is -0.316 e. The summed E-state index contributed by atoms with van der Waals surface area (Å²) in [7, 11) is 1.96. The van der Waals surface area contributed by atoms with Crippen LogP contribution in [-0.2, 0) is 0 Å². The Kier molecular flexibility index (Phi) is 5.44. The van der Waals surface area contributed by atoms with E-state index in [2.05, 4.69) is 19.2 Å². The van der Waals surface area contributed by atoms with E-state index in [-0.39, 0.29) is 10.6 Å². The van der Waals surface area contributed by atoms with E-state index in [1.54, 1.807) is 23.9 Å². The van der Waals surface area contributed by atoms with Crippen molar-refractivity contribution >= 4 is 17.4 Å². The Morgan fingerprint density at radius 3 is 2.41 bits per heavy atom. The first-order chi connectivity index (χ1) is 8.08. The zero-order chi connectivity index (χ0) is 12.8. The van der Waals surface area contributed by atoms with Crippen molar-refractivity contribution in [1.82, 2.24) is 5.32 Å². The second kappa shape index (κ2) is 6.61. The van der Waals surface area contributed by atoms with Crippen LogP contribution in [0.25, 0.3) is 0 Å². The summed E-state index contributed by atoms with van der Waals surface area (Å²) in [6.07, 6.45) is 1.07. The maximum absolute atomic E-state index is 10.5. The van der Waals surface area contributed by atoms with Gasteiger partial charge in [-0.1, -0.05) is 13.8 Å². The van der Waals surface area contributed by atoms with Crippen LogP contribution in [0.1, 0.15) is 20.3 Å². The predicted octanol–water partition coefficient (Wildman–Crippen LogP) is 3.07. The monoisotopic (exact) mass is 254 g/mol. The van der Waals surface area contributed by atoms with Crippen LogP contribution in [0.15, 0.2) is 29.2 Å². The number of rotatable bonds is 6. The van der Waals surface area contributed by atoms with Gasteiger partial charge in [0.05, 0.1) is 4.92 Å². The number of hydrogen-bond acceptors (Lipinski definition) is 4. The summed E-state index contributed by atoms with van der Waals surface area (Å²) in [4.78, 5) is 11.2. The molecule has 0 spiro atoms. The molecule has 1 rings (SSSR count). The minimum absolute atomic E-state index is 0.141. The zero-order valence-electron chi connectivity index (χ0n) is 10.3. The van der Waals surface area contributed by atoms with Gasteiger partial charge in [0, 0.05) is 28.3 Å². The van der Waals surface area contributed by atoms with E-state index >= 15 is 0 Å². The number of hydrogen-bond donors (Lipinski definition) is 1. The number of thioether (sulfide) groups is 1. The average molecular weight is 254 g/mol. The van der Waals surface area contributed by atoms with Gasteiger partial charge >= 0.3 is 0 Å². The Morgan fingerprint density at radius 2 is 2.00 bits per heavy atom. The van der Waals surface area contributed by atoms with Gasteiger partial charge in [0.1, 0.15) is 0 Å². The number of benzene rings is 1. The summed E-state index contributed by atoms with van der Waals surface area (Å²) < 4.78 is 0. The lowest BCUT2D eigenvalue weighted by Crippen LogP contribution is -2.33. The number of non-ortho nitro benzene ring substituents is 1. The summed E-state index contributed by atoms with van der Waals surface area (Å²) in [5.41, 5.74) is 0.141. The normalized spacial score (nSPS) is 14.3. The smallest absolute Gasteiger partial charge is 0.269 e. The second-order valence-corrected chi connectivity index (χ2v) is 5.33. The maximum atomic E-state index is 10.5. The zero-order valence-corrected chi connectivity index (χ0v) is 11.2. The molecule has 1 N–H and O–H groups in total. The number of nitro groups is 1. The Balaban J connectivity index is 2.65. The standard InChI is InChI=1S/C12H18N2O2S/c1-4-12(13-3)9(2)17-11-7-5-10(6-8-11)14(15)16/h5-9,12-13H,4H2,1-3H3. The van der Waals surface area contributed by atoms with Crippen LogP contribution in [0.3, 0.4) is 0 Å². The van der Waals surface area contributed by atoms with E-state index in [4.69, 9.17) is 0 Å². The highest BCUT2D eigenvalue weighted by Gasteiger charge is 2.15. The van der Waals surface area contributed by atoms with E-state index < -0.39 is 0 Å². The SMILES string of the molecule is CCC(NC)C(C)Sc1ccc([N+](=O)[O-])cc1. The molecule has 4 nitrogen and oxygen atoms in total. The Hall–Kier alpha value is -1.07. The van der Waals surface area contributed by atoms with Gasteiger partial charge in [0.15, 0.2) is 0 Å². The van der Waals surface area contributed by atoms with Crippen molar-refractivity contribution in [3.63, 3.8) is 0 Å². The quantitative estimate of drug-likeness (QED) is 0.481. The fourth-order valence-electron chi connectivity index (χ4n) is 1.71. The van der Waals surface area contributed by atoms with Gasteiger partial charge in [0.2, 0.25) is 0 Å². The molecular formula is C12H18N2O2S. The largest absolute Gasteiger partial charge is 0.316 e. The summed E-state index contributed by atoms with van der Waals surface area (Å²) in [6, 6.07) is 7.17. The van der Waals surface area contributed by atoms with Crippen LogP contribution >= 0.6 is 11.8 Å². The molecule has 0 radical (unpaired) electrons. The molecule has 1 aromatic rings. The average Bonchev–Trinajstić information content (AvgIpc) is 2.31. The Bertz CT molecular complexity index is 363. The molecular weight excluding hydrogens is 236 g/mol. The molecule has 94 valence electrons. The van der Waals surface area contributed by atoms with Crippen molar-refractivity contribution in [2.24, 2.45) is 0 Å². The number of nitrogens with zero attached hydrogens (tertiary/aromatic N) is 1. The maximum Gasteiger partial charge on any atom is 0.269 e. The first kappa shape index (κ1) is 14.0. The van der Waals surface area contributed by atoms with E-state index in [0.717, 1.165) is 11.3 Å². The van der Waals surface area contributed by atoms with Crippen molar-refractivity contribution < 1.29 is 4.92 Å². The van der Waals surface area contributed by atoms with Crippen LogP contribution in [-0.4, -0.2) is 23.3 Å². The third-order valence-electron chi connectivity index (χ3n) is 2.75. The molecule has 0 aliphatic heterocycles.